The number of alkyl halides is 1. The van der Waals surface area contributed by atoms with Gasteiger partial charge in [-0.1, -0.05) is 29.5 Å². The van der Waals surface area contributed by atoms with Crippen molar-refractivity contribution in [2.75, 3.05) is 13.6 Å². The monoisotopic (exact) mass is 237 g/mol. The minimum atomic E-state index is 0.704. The van der Waals surface area contributed by atoms with Gasteiger partial charge in [-0.15, -0.1) is 0 Å². The first-order chi connectivity index (χ1) is 4.14. The summed E-state index contributed by atoms with van der Waals surface area (Å²) in [4.78, 5) is 2.47. The van der Waals surface area contributed by atoms with E-state index in [0.29, 0.717) is 5.41 Å². The highest BCUT2D eigenvalue weighted by atomic mass is 127. The second kappa shape index (κ2) is 1.64. The predicted molar refractivity (Wildman–Crippen MR) is 46.7 cm³/mol. The smallest absolute Gasteiger partial charge is 0.0673 e. The fourth-order valence-electron chi connectivity index (χ4n) is 1.98. The molecule has 2 fully saturated rings. The third-order valence-electron chi connectivity index (χ3n) is 2.90. The zero-order valence-corrected chi connectivity index (χ0v) is 8.05. The molecule has 0 bridgehead atoms. The molecule has 0 spiro atoms. The Hall–Kier alpha value is 0.690. The fourth-order valence-corrected chi connectivity index (χ4v) is 2.97. The van der Waals surface area contributed by atoms with Gasteiger partial charge in [-0.05, 0) is 24.8 Å². The number of piperidine rings is 1. The van der Waals surface area contributed by atoms with E-state index in [9.17, 15) is 0 Å². The summed E-state index contributed by atoms with van der Waals surface area (Å²) < 4.78 is 0.806. The number of halogens is 1. The van der Waals surface area contributed by atoms with Crippen molar-refractivity contribution >= 4 is 22.6 Å². The van der Waals surface area contributed by atoms with Crippen molar-refractivity contribution in [3.63, 3.8) is 0 Å². The largest absolute Gasteiger partial charge is 0.294 e. The number of likely N-dealkylation sites (tertiary alicyclic amines) is 1. The van der Waals surface area contributed by atoms with E-state index in [1.54, 1.807) is 0 Å². The van der Waals surface area contributed by atoms with Crippen LogP contribution in [-0.2, 0) is 0 Å². The molecule has 1 saturated heterocycles. The van der Waals surface area contributed by atoms with Crippen molar-refractivity contribution < 1.29 is 0 Å². The summed E-state index contributed by atoms with van der Waals surface area (Å²) in [6.45, 7) is 3.75. The van der Waals surface area contributed by atoms with Gasteiger partial charge in [0.25, 0.3) is 0 Å². The zero-order chi connectivity index (χ0) is 6.65. The van der Waals surface area contributed by atoms with E-state index in [4.69, 9.17) is 0 Å². The number of fused-ring (bicyclic) bond motifs is 1. The van der Waals surface area contributed by atoms with Crippen LogP contribution in [0.5, 0.6) is 0 Å². The number of nitrogens with zero attached hydrogens (tertiary/aromatic N) is 1. The Morgan fingerprint density at radius 2 is 2.33 bits per heavy atom. The minimum Gasteiger partial charge on any atom is -0.294 e. The molecule has 9 heavy (non-hydrogen) atoms. The summed E-state index contributed by atoms with van der Waals surface area (Å²) in [6.07, 6.45) is 1.48. The summed E-state index contributed by atoms with van der Waals surface area (Å²) in [5, 5.41) is 0. The highest BCUT2D eigenvalue weighted by molar-refractivity contribution is 14.1. The molecule has 2 heteroatoms. The Bertz CT molecular complexity index is 148. The third-order valence-corrected chi connectivity index (χ3v) is 5.27. The van der Waals surface area contributed by atoms with Crippen LogP contribution in [-0.4, -0.2) is 22.5 Å². The highest BCUT2D eigenvalue weighted by Gasteiger charge is 2.60. The molecule has 1 aliphatic carbocycles. The first-order valence-electron chi connectivity index (χ1n) is 3.49. The third kappa shape index (κ3) is 0.693. The van der Waals surface area contributed by atoms with Crippen LogP contribution >= 0.6 is 22.6 Å². The molecule has 0 aromatic rings. The Balaban J connectivity index is 2.18. The van der Waals surface area contributed by atoms with E-state index < -0.39 is 0 Å². The highest BCUT2D eigenvalue weighted by Crippen LogP contribution is 2.62. The van der Waals surface area contributed by atoms with Crippen molar-refractivity contribution in [1.29, 1.82) is 0 Å². The lowest BCUT2D eigenvalue weighted by molar-refractivity contribution is 0.329. The van der Waals surface area contributed by atoms with Gasteiger partial charge in [-0.2, -0.15) is 0 Å². The summed E-state index contributed by atoms with van der Waals surface area (Å²) in [5.74, 6) is 1.03. The maximum Gasteiger partial charge on any atom is 0.0673 e. The molecule has 1 saturated carbocycles. The molecule has 0 radical (unpaired) electrons. The Morgan fingerprint density at radius 1 is 1.67 bits per heavy atom. The standard InChI is InChI=1S/C7H12IN/c1-7-3-5(7)4-9(2)6(7)8/h5-6H,3-4H2,1-2H3/t5-,6?,7-/m0/s1. The molecular formula is C7H12IN. The molecular weight excluding hydrogens is 225 g/mol. The normalized spacial score (nSPS) is 57.7. The molecule has 0 N–H and O–H groups in total. The molecule has 2 aliphatic rings. The van der Waals surface area contributed by atoms with E-state index in [2.05, 4.69) is 41.5 Å². The lowest BCUT2D eigenvalue weighted by Gasteiger charge is -2.20. The van der Waals surface area contributed by atoms with Crippen molar-refractivity contribution in [3.05, 3.63) is 0 Å². The Morgan fingerprint density at radius 3 is 2.56 bits per heavy atom. The summed E-state index contributed by atoms with van der Waals surface area (Å²) in [7, 11) is 2.23. The second-order valence-corrected chi connectivity index (χ2v) is 4.86. The summed E-state index contributed by atoms with van der Waals surface area (Å²) in [5.41, 5.74) is 0.704. The second-order valence-electron chi connectivity index (χ2n) is 3.68. The number of rotatable bonds is 0. The van der Waals surface area contributed by atoms with Crippen molar-refractivity contribution in [1.82, 2.24) is 4.90 Å². The van der Waals surface area contributed by atoms with Crippen LogP contribution < -0.4 is 0 Å². The molecule has 3 atom stereocenters. The van der Waals surface area contributed by atoms with Crippen molar-refractivity contribution in [3.8, 4) is 0 Å². The molecule has 52 valence electrons. The van der Waals surface area contributed by atoms with Crippen molar-refractivity contribution in [2.24, 2.45) is 11.3 Å². The Kier molecular flexibility index (Phi) is 1.17. The summed E-state index contributed by atoms with van der Waals surface area (Å²) >= 11 is 2.57. The average molecular weight is 237 g/mol. The topological polar surface area (TPSA) is 3.24 Å². The van der Waals surface area contributed by atoms with Gasteiger partial charge < -0.3 is 0 Å². The SMILES string of the molecule is CN1C[C@@H]2C[C@]2(C)C1I. The van der Waals surface area contributed by atoms with E-state index >= 15 is 0 Å². The average Bonchev–Trinajstić information content (AvgIpc) is 2.36. The quantitative estimate of drug-likeness (QED) is 0.352. The van der Waals surface area contributed by atoms with Crippen LogP contribution in [0, 0.1) is 11.3 Å². The molecule has 0 aromatic heterocycles. The zero-order valence-electron chi connectivity index (χ0n) is 5.89. The number of hydrogen-bond donors (Lipinski definition) is 0. The molecule has 0 amide bonds. The minimum absolute atomic E-state index is 0.704. The first-order valence-corrected chi connectivity index (χ1v) is 4.73. The molecule has 0 aromatic carbocycles. The van der Waals surface area contributed by atoms with Gasteiger partial charge in [0.05, 0.1) is 4.05 Å². The van der Waals surface area contributed by atoms with Gasteiger partial charge in [-0.25, -0.2) is 0 Å². The van der Waals surface area contributed by atoms with Gasteiger partial charge in [0.1, 0.15) is 0 Å². The van der Waals surface area contributed by atoms with Gasteiger partial charge in [0.2, 0.25) is 0 Å². The molecule has 1 aliphatic heterocycles. The van der Waals surface area contributed by atoms with Gasteiger partial charge in [-0.3, -0.25) is 4.90 Å². The van der Waals surface area contributed by atoms with E-state index in [-0.39, 0.29) is 0 Å². The lowest BCUT2D eigenvalue weighted by atomic mass is 10.1. The Labute approximate surface area is 69.9 Å². The van der Waals surface area contributed by atoms with E-state index in [1.807, 2.05) is 0 Å². The van der Waals surface area contributed by atoms with Gasteiger partial charge in [0, 0.05) is 6.54 Å². The van der Waals surface area contributed by atoms with Crippen LogP contribution in [0.25, 0.3) is 0 Å². The van der Waals surface area contributed by atoms with Crippen LogP contribution in [0.1, 0.15) is 13.3 Å². The van der Waals surface area contributed by atoms with E-state index in [0.717, 1.165) is 9.97 Å². The molecule has 1 nitrogen and oxygen atoms in total. The lowest BCUT2D eigenvalue weighted by Crippen LogP contribution is -2.26. The van der Waals surface area contributed by atoms with Crippen LogP contribution in [0.15, 0.2) is 0 Å². The van der Waals surface area contributed by atoms with E-state index in [1.165, 1.54) is 13.0 Å². The maximum absolute atomic E-state index is 2.57. The predicted octanol–water partition coefficient (Wildman–Crippen LogP) is 1.72. The maximum atomic E-state index is 2.57. The van der Waals surface area contributed by atoms with Crippen molar-refractivity contribution in [2.45, 2.75) is 17.4 Å². The van der Waals surface area contributed by atoms with Crippen LogP contribution in [0.4, 0.5) is 0 Å². The first kappa shape index (κ1) is 6.40. The number of hydrogen-bond acceptors (Lipinski definition) is 1. The summed E-state index contributed by atoms with van der Waals surface area (Å²) in [6, 6.07) is 0. The fraction of sp³-hybridized carbons (Fsp3) is 1.00. The van der Waals surface area contributed by atoms with Crippen LogP contribution in [0.3, 0.4) is 0 Å². The van der Waals surface area contributed by atoms with Gasteiger partial charge >= 0.3 is 0 Å². The molecule has 1 unspecified atom stereocenters. The molecule has 1 heterocycles. The van der Waals surface area contributed by atoms with Crippen LogP contribution in [0.2, 0.25) is 0 Å². The van der Waals surface area contributed by atoms with Gasteiger partial charge in [0.15, 0.2) is 0 Å². The molecule has 2 rings (SSSR count).